The SMILES string of the molecule is CNC(=O)C1CNCCN1c1nc(C)no1. The summed E-state index contributed by atoms with van der Waals surface area (Å²) in [7, 11) is 1.62. The Morgan fingerprint density at radius 2 is 2.50 bits per heavy atom. The van der Waals surface area contributed by atoms with Gasteiger partial charge in [-0.15, -0.1) is 0 Å². The van der Waals surface area contributed by atoms with E-state index in [0.717, 1.165) is 6.54 Å². The maximum absolute atomic E-state index is 11.7. The molecule has 1 amide bonds. The minimum Gasteiger partial charge on any atom is -0.357 e. The smallest absolute Gasteiger partial charge is 0.324 e. The second kappa shape index (κ2) is 4.48. The number of carbonyl (C=O) groups is 1. The van der Waals surface area contributed by atoms with Gasteiger partial charge in [0.25, 0.3) is 0 Å². The molecule has 1 saturated heterocycles. The van der Waals surface area contributed by atoms with Crippen LogP contribution in [0.2, 0.25) is 0 Å². The van der Waals surface area contributed by atoms with Gasteiger partial charge in [0.2, 0.25) is 5.91 Å². The number of anilines is 1. The van der Waals surface area contributed by atoms with Gasteiger partial charge in [0, 0.05) is 26.7 Å². The molecule has 2 N–H and O–H groups in total. The van der Waals surface area contributed by atoms with Crippen molar-refractivity contribution < 1.29 is 9.32 Å². The summed E-state index contributed by atoms with van der Waals surface area (Å²) in [4.78, 5) is 17.6. The molecule has 0 bridgehead atoms. The molecule has 7 heteroatoms. The summed E-state index contributed by atoms with van der Waals surface area (Å²) < 4.78 is 5.09. The summed E-state index contributed by atoms with van der Waals surface area (Å²) in [5.74, 6) is 0.521. The molecule has 1 aromatic rings. The van der Waals surface area contributed by atoms with E-state index in [1.54, 1.807) is 14.0 Å². The van der Waals surface area contributed by atoms with Gasteiger partial charge in [-0.2, -0.15) is 4.98 Å². The molecule has 2 rings (SSSR count). The monoisotopic (exact) mass is 225 g/mol. The number of hydrogen-bond donors (Lipinski definition) is 2. The third-order valence-corrected chi connectivity index (χ3v) is 2.55. The van der Waals surface area contributed by atoms with Crippen LogP contribution in [0.15, 0.2) is 4.52 Å². The van der Waals surface area contributed by atoms with Crippen molar-refractivity contribution >= 4 is 11.9 Å². The molecule has 16 heavy (non-hydrogen) atoms. The zero-order valence-corrected chi connectivity index (χ0v) is 9.36. The molecule has 0 spiro atoms. The lowest BCUT2D eigenvalue weighted by atomic mass is 10.2. The summed E-state index contributed by atoms with van der Waals surface area (Å²) >= 11 is 0. The normalized spacial score (nSPS) is 20.9. The summed E-state index contributed by atoms with van der Waals surface area (Å²) in [5, 5.41) is 9.53. The largest absolute Gasteiger partial charge is 0.357 e. The molecule has 7 nitrogen and oxygen atoms in total. The molecule has 1 aromatic heterocycles. The second-order valence-electron chi connectivity index (χ2n) is 3.65. The van der Waals surface area contributed by atoms with Gasteiger partial charge in [-0.3, -0.25) is 4.79 Å². The molecule has 0 aliphatic carbocycles. The minimum atomic E-state index is -0.293. The highest BCUT2D eigenvalue weighted by atomic mass is 16.5. The van der Waals surface area contributed by atoms with Crippen LogP contribution >= 0.6 is 0 Å². The van der Waals surface area contributed by atoms with Crippen LogP contribution < -0.4 is 15.5 Å². The van der Waals surface area contributed by atoms with Gasteiger partial charge in [0.15, 0.2) is 5.82 Å². The predicted molar refractivity (Wildman–Crippen MR) is 57.1 cm³/mol. The van der Waals surface area contributed by atoms with Gasteiger partial charge in [0.1, 0.15) is 6.04 Å². The average molecular weight is 225 g/mol. The van der Waals surface area contributed by atoms with Gasteiger partial charge in [-0.25, -0.2) is 0 Å². The zero-order chi connectivity index (χ0) is 11.5. The molecule has 1 aliphatic rings. The topological polar surface area (TPSA) is 83.3 Å². The second-order valence-corrected chi connectivity index (χ2v) is 3.65. The lowest BCUT2D eigenvalue weighted by Crippen LogP contribution is -2.57. The fourth-order valence-electron chi connectivity index (χ4n) is 1.74. The van der Waals surface area contributed by atoms with E-state index in [1.807, 2.05) is 4.90 Å². The van der Waals surface area contributed by atoms with Crippen molar-refractivity contribution in [3.05, 3.63) is 5.82 Å². The molecule has 1 atom stereocenters. The first-order valence-electron chi connectivity index (χ1n) is 5.21. The van der Waals surface area contributed by atoms with E-state index in [-0.39, 0.29) is 11.9 Å². The van der Waals surface area contributed by atoms with Crippen molar-refractivity contribution in [2.75, 3.05) is 31.6 Å². The third-order valence-electron chi connectivity index (χ3n) is 2.55. The Kier molecular flexibility index (Phi) is 3.04. The van der Waals surface area contributed by atoms with Crippen LogP contribution in [0.25, 0.3) is 0 Å². The Balaban J connectivity index is 2.19. The van der Waals surface area contributed by atoms with Gasteiger partial charge in [-0.05, 0) is 6.92 Å². The van der Waals surface area contributed by atoms with E-state index in [1.165, 1.54) is 0 Å². The summed E-state index contributed by atoms with van der Waals surface area (Å²) in [6.45, 7) is 3.82. The van der Waals surface area contributed by atoms with Crippen LogP contribution in [0.1, 0.15) is 5.82 Å². The summed E-state index contributed by atoms with van der Waals surface area (Å²) in [6.07, 6.45) is 0. The van der Waals surface area contributed by atoms with E-state index in [4.69, 9.17) is 4.52 Å². The first kappa shape index (κ1) is 10.9. The van der Waals surface area contributed by atoms with Gasteiger partial charge in [-0.1, -0.05) is 5.16 Å². The molecular weight excluding hydrogens is 210 g/mol. The Morgan fingerprint density at radius 1 is 1.69 bits per heavy atom. The van der Waals surface area contributed by atoms with Crippen LogP contribution in [0, 0.1) is 6.92 Å². The maximum Gasteiger partial charge on any atom is 0.324 e. The molecule has 1 fully saturated rings. The first-order valence-corrected chi connectivity index (χ1v) is 5.21. The van der Waals surface area contributed by atoms with Crippen molar-refractivity contribution in [2.24, 2.45) is 0 Å². The molecule has 0 saturated carbocycles. The number of rotatable bonds is 2. The third kappa shape index (κ3) is 1.99. The van der Waals surface area contributed by atoms with Crippen molar-refractivity contribution in [3.8, 4) is 0 Å². The van der Waals surface area contributed by atoms with Crippen molar-refractivity contribution in [2.45, 2.75) is 13.0 Å². The van der Waals surface area contributed by atoms with Gasteiger partial charge < -0.3 is 20.1 Å². The predicted octanol–water partition coefficient (Wildman–Crippen LogP) is -1.10. The molecule has 88 valence electrons. The van der Waals surface area contributed by atoms with Crippen LogP contribution in [-0.2, 0) is 4.79 Å². The van der Waals surface area contributed by atoms with Gasteiger partial charge >= 0.3 is 6.01 Å². The van der Waals surface area contributed by atoms with E-state index in [9.17, 15) is 4.79 Å². The summed E-state index contributed by atoms with van der Waals surface area (Å²) in [6, 6.07) is 0.117. The standard InChI is InChI=1S/C9H15N5O2/c1-6-12-9(16-13-6)14-4-3-11-5-7(14)8(15)10-2/h7,11H,3-5H2,1-2H3,(H,10,15). The lowest BCUT2D eigenvalue weighted by Gasteiger charge is -2.33. The molecule has 1 aliphatic heterocycles. The minimum absolute atomic E-state index is 0.0527. The van der Waals surface area contributed by atoms with Crippen molar-refractivity contribution in [3.63, 3.8) is 0 Å². The Labute approximate surface area is 93.2 Å². The first-order chi connectivity index (χ1) is 7.72. The van der Waals surface area contributed by atoms with Crippen LogP contribution in [0.4, 0.5) is 6.01 Å². The number of carbonyl (C=O) groups excluding carboxylic acids is 1. The van der Waals surface area contributed by atoms with E-state index in [0.29, 0.717) is 24.9 Å². The molecular formula is C9H15N5O2. The Morgan fingerprint density at radius 3 is 3.12 bits per heavy atom. The van der Waals surface area contributed by atoms with Crippen molar-refractivity contribution in [1.82, 2.24) is 20.8 Å². The Hall–Kier alpha value is -1.63. The van der Waals surface area contributed by atoms with Gasteiger partial charge in [0.05, 0.1) is 0 Å². The molecule has 2 heterocycles. The number of hydrogen-bond acceptors (Lipinski definition) is 6. The number of aromatic nitrogens is 2. The number of piperazine rings is 1. The van der Waals surface area contributed by atoms with Crippen LogP contribution in [-0.4, -0.2) is 48.8 Å². The maximum atomic E-state index is 11.7. The number of likely N-dealkylation sites (N-methyl/N-ethyl adjacent to an activating group) is 1. The number of nitrogens with one attached hydrogen (secondary N) is 2. The molecule has 0 radical (unpaired) electrons. The lowest BCUT2D eigenvalue weighted by molar-refractivity contribution is -0.122. The summed E-state index contributed by atoms with van der Waals surface area (Å²) in [5.41, 5.74) is 0. The highest BCUT2D eigenvalue weighted by molar-refractivity contribution is 5.84. The average Bonchev–Trinajstić information content (AvgIpc) is 2.75. The number of nitrogens with zero attached hydrogens (tertiary/aromatic N) is 3. The molecule has 0 aromatic carbocycles. The number of aryl methyl sites for hydroxylation is 1. The highest BCUT2D eigenvalue weighted by Crippen LogP contribution is 2.15. The fraction of sp³-hybridized carbons (Fsp3) is 0.667. The highest BCUT2D eigenvalue weighted by Gasteiger charge is 2.31. The van der Waals surface area contributed by atoms with E-state index in [2.05, 4.69) is 20.8 Å². The van der Waals surface area contributed by atoms with Crippen LogP contribution in [0.3, 0.4) is 0 Å². The van der Waals surface area contributed by atoms with E-state index < -0.39 is 0 Å². The fourth-order valence-corrected chi connectivity index (χ4v) is 1.74. The number of amides is 1. The molecule has 1 unspecified atom stereocenters. The quantitative estimate of drug-likeness (QED) is 0.665. The van der Waals surface area contributed by atoms with Crippen LogP contribution in [0.5, 0.6) is 0 Å². The zero-order valence-electron chi connectivity index (χ0n) is 9.36. The van der Waals surface area contributed by atoms with Crippen molar-refractivity contribution in [1.29, 1.82) is 0 Å². The van der Waals surface area contributed by atoms with E-state index >= 15 is 0 Å². The Bertz CT molecular complexity index is 378.